The molecule has 0 spiro atoms. The van der Waals surface area contributed by atoms with Crippen LogP contribution in [0, 0.1) is 23.7 Å². The molecule has 116 valence electrons. The van der Waals surface area contributed by atoms with Crippen LogP contribution in [0.15, 0.2) is 18.2 Å². The standard InChI is InChI=1S/C19H29NO/c1-15-9-10-17(16(13-15)18(2,3)4)21-12-8-7-11-19(5,6)14-20/h9-10,13H,7-8,11-12H2,1-6H3. The summed E-state index contributed by atoms with van der Waals surface area (Å²) in [6, 6.07) is 8.74. The molecule has 0 aliphatic rings. The molecule has 0 fully saturated rings. The summed E-state index contributed by atoms with van der Waals surface area (Å²) in [5, 5.41) is 9.00. The lowest BCUT2D eigenvalue weighted by molar-refractivity contribution is 0.288. The van der Waals surface area contributed by atoms with E-state index in [1.165, 1.54) is 11.1 Å². The summed E-state index contributed by atoms with van der Waals surface area (Å²) in [7, 11) is 0. The molecule has 0 saturated heterocycles. The number of unbranched alkanes of at least 4 members (excludes halogenated alkanes) is 1. The van der Waals surface area contributed by atoms with Crippen LogP contribution in [0.3, 0.4) is 0 Å². The highest BCUT2D eigenvalue weighted by Crippen LogP contribution is 2.32. The Labute approximate surface area is 130 Å². The predicted molar refractivity (Wildman–Crippen MR) is 88.6 cm³/mol. The highest BCUT2D eigenvalue weighted by Gasteiger charge is 2.19. The molecule has 1 aromatic carbocycles. The number of hydrogen-bond donors (Lipinski definition) is 0. The van der Waals surface area contributed by atoms with E-state index in [1.54, 1.807) is 0 Å². The van der Waals surface area contributed by atoms with Gasteiger partial charge in [0.2, 0.25) is 0 Å². The summed E-state index contributed by atoms with van der Waals surface area (Å²) < 4.78 is 5.98. The van der Waals surface area contributed by atoms with Crippen LogP contribution in [0.4, 0.5) is 0 Å². The lowest BCUT2D eigenvalue weighted by Gasteiger charge is -2.23. The number of rotatable bonds is 6. The molecule has 0 unspecified atom stereocenters. The summed E-state index contributed by atoms with van der Waals surface area (Å²) in [5.74, 6) is 0.993. The van der Waals surface area contributed by atoms with Crippen molar-refractivity contribution in [3.63, 3.8) is 0 Å². The van der Waals surface area contributed by atoms with Gasteiger partial charge in [0.1, 0.15) is 5.75 Å². The average Bonchev–Trinajstić information content (AvgIpc) is 2.38. The molecular formula is C19H29NO. The Morgan fingerprint density at radius 1 is 1.10 bits per heavy atom. The quantitative estimate of drug-likeness (QED) is 0.657. The van der Waals surface area contributed by atoms with Crippen LogP contribution in [0.5, 0.6) is 5.75 Å². The summed E-state index contributed by atoms with van der Waals surface area (Å²) in [4.78, 5) is 0. The second-order valence-corrected chi connectivity index (χ2v) is 7.55. The normalized spacial score (nSPS) is 12.0. The Morgan fingerprint density at radius 2 is 1.76 bits per heavy atom. The van der Waals surface area contributed by atoms with Gasteiger partial charge in [-0.05, 0) is 57.1 Å². The predicted octanol–water partition coefficient (Wildman–Crippen LogP) is 5.39. The minimum absolute atomic E-state index is 0.0875. The Bertz CT molecular complexity index is 503. The fourth-order valence-corrected chi connectivity index (χ4v) is 2.26. The van der Waals surface area contributed by atoms with Crippen molar-refractivity contribution in [3.8, 4) is 11.8 Å². The summed E-state index contributed by atoms with van der Waals surface area (Å²) in [6.45, 7) is 13.5. The maximum Gasteiger partial charge on any atom is 0.123 e. The molecule has 2 nitrogen and oxygen atoms in total. The molecule has 0 amide bonds. The first kappa shape index (κ1) is 17.6. The van der Waals surface area contributed by atoms with Crippen LogP contribution in [-0.4, -0.2) is 6.61 Å². The second kappa shape index (κ2) is 6.98. The summed E-state index contributed by atoms with van der Waals surface area (Å²) in [5.41, 5.74) is 2.40. The number of aryl methyl sites for hydroxylation is 1. The van der Waals surface area contributed by atoms with Crippen molar-refractivity contribution in [3.05, 3.63) is 29.3 Å². The largest absolute Gasteiger partial charge is 0.493 e. The zero-order valence-corrected chi connectivity index (χ0v) is 14.4. The van der Waals surface area contributed by atoms with E-state index >= 15 is 0 Å². The smallest absolute Gasteiger partial charge is 0.123 e. The van der Waals surface area contributed by atoms with E-state index in [0.29, 0.717) is 6.61 Å². The van der Waals surface area contributed by atoms with E-state index in [4.69, 9.17) is 10.00 Å². The molecule has 0 saturated carbocycles. The van der Waals surface area contributed by atoms with Gasteiger partial charge in [-0.25, -0.2) is 0 Å². The molecule has 0 bridgehead atoms. The first-order chi connectivity index (χ1) is 9.65. The van der Waals surface area contributed by atoms with Gasteiger partial charge in [-0.15, -0.1) is 0 Å². The number of hydrogen-bond acceptors (Lipinski definition) is 2. The van der Waals surface area contributed by atoms with Gasteiger partial charge in [-0.1, -0.05) is 38.5 Å². The van der Waals surface area contributed by atoms with E-state index < -0.39 is 0 Å². The minimum Gasteiger partial charge on any atom is -0.493 e. The van der Waals surface area contributed by atoms with E-state index in [0.717, 1.165) is 25.0 Å². The second-order valence-electron chi connectivity index (χ2n) is 7.55. The van der Waals surface area contributed by atoms with Gasteiger partial charge in [0, 0.05) is 0 Å². The Hall–Kier alpha value is -1.49. The van der Waals surface area contributed by atoms with Crippen molar-refractivity contribution in [2.75, 3.05) is 6.61 Å². The molecule has 0 aliphatic heterocycles. The zero-order chi connectivity index (χ0) is 16.1. The third-order valence-corrected chi connectivity index (χ3v) is 3.70. The lowest BCUT2D eigenvalue weighted by atomic mass is 9.85. The van der Waals surface area contributed by atoms with Crippen LogP contribution in [0.25, 0.3) is 0 Å². The number of nitrogens with zero attached hydrogens (tertiary/aromatic N) is 1. The van der Waals surface area contributed by atoms with Crippen LogP contribution >= 0.6 is 0 Å². The molecule has 1 aromatic rings. The molecule has 0 aromatic heterocycles. The van der Waals surface area contributed by atoms with Gasteiger partial charge < -0.3 is 4.74 Å². The maximum absolute atomic E-state index is 9.00. The van der Waals surface area contributed by atoms with Gasteiger partial charge in [-0.2, -0.15) is 5.26 Å². The van der Waals surface area contributed by atoms with Crippen molar-refractivity contribution in [2.45, 2.75) is 66.2 Å². The van der Waals surface area contributed by atoms with Crippen molar-refractivity contribution in [1.29, 1.82) is 5.26 Å². The topological polar surface area (TPSA) is 33.0 Å². The van der Waals surface area contributed by atoms with Gasteiger partial charge in [-0.3, -0.25) is 0 Å². The van der Waals surface area contributed by atoms with Crippen LogP contribution < -0.4 is 4.74 Å². The van der Waals surface area contributed by atoms with Crippen LogP contribution in [0.2, 0.25) is 0 Å². The monoisotopic (exact) mass is 287 g/mol. The SMILES string of the molecule is Cc1ccc(OCCCCC(C)(C)C#N)c(C(C)(C)C)c1. The third-order valence-electron chi connectivity index (χ3n) is 3.70. The molecule has 21 heavy (non-hydrogen) atoms. The molecule has 2 heteroatoms. The maximum atomic E-state index is 9.00. The molecule has 0 heterocycles. The third kappa shape index (κ3) is 5.79. The molecule has 0 radical (unpaired) electrons. The molecule has 0 atom stereocenters. The van der Waals surface area contributed by atoms with Crippen molar-refractivity contribution in [2.24, 2.45) is 5.41 Å². The van der Waals surface area contributed by atoms with Crippen molar-refractivity contribution < 1.29 is 4.74 Å². The lowest BCUT2D eigenvalue weighted by Crippen LogP contribution is -2.14. The van der Waals surface area contributed by atoms with Gasteiger partial charge in [0.05, 0.1) is 18.1 Å². The summed E-state index contributed by atoms with van der Waals surface area (Å²) >= 11 is 0. The Balaban J connectivity index is 2.55. The van der Waals surface area contributed by atoms with Gasteiger partial charge in [0.15, 0.2) is 0 Å². The Morgan fingerprint density at radius 3 is 2.33 bits per heavy atom. The first-order valence-electron chi connectivity index (χ1n) is 7.81. The number of ether oxygens (including phenoxy) is 1. The number of benzene rings is 1. The zero-order valence-electron chi connectivity index (χ0n) is 14.4. The van der Waals surface area contributed by atoms with E-state index in [-0.39, 0.29) is 10.8 Å². The highest BCUT2D eigenvalue weighted by atomic mass is 16.5. The van der Waals surface area contributed by atoms with Crippen molar-refractivity contribution >= 4 is 0 Å². The highest BCUT2D eigenvalue weighted by molar-refractivity contribution is 5.41. The number of nitriles is 1. The molecule has 0 aliphatic carbocycles. The van der Waals surface area contributed by atoms with E-state index in [9.17, 15) is 0 Å². The van der Waals surface area contributed by atoms with E-state index in [2.05, 4.69) is 52.0 Å². The molecular weight excluding hydrogens is 258 g/mol. The fraction of sp³-hybridized carbons (Fsp3) is 0.632. The fourth-order valence-electron chi connectivity index (χ4n) is 2.26. The first-order valence-corrected chi connectivity index (χ1v) is 7.81. The summed E-state index contributed by atoms with van der Waals surface area (Å²) in [6.07, 6.45) is 2.94. The van der Waals surface area contributed by atoms with Crippen molar-refractivity contribution in [1.82, 2.24) is 0 Å². The van der Waals surface area contributed by atoms with E-state index in [1.807, 2.05) is 13.8 Å². The Kier molecular flexibility index (Phi) is 5.84. The molecule has 0 N–H and O–H groups in total. The minimum atomic E-state index is -0.222. The molecule has 1 rings (SSSR count). The van der Waals surface area contributed by atoms with Crippen LogP contribution in [-0.2, 0) is 5.41 Å². The van der Waals surface area contributed by atoms with Gasteiger partial charge >= 0.3 is 0 Å². The van der Waals surface area contributed by atoms with Gasteiger partial charge in [0.25, 0.3) is 0 Å². The van der Waals surface area contributed by atoms with Crippen LogP contribution in [0.1, 0.15) is 65.0 Å². The average molecular weight is 287 g/mol.